The van der Waals surface area contributed by atoms with Crippen LogP contribution >= 0.6 is 58.0 Å². The van der Waals surface area contributed by atoms with Crippen LogP contribution in [0.2, 0.25) is 25.1 Å². The molecule has 1 amide bonds. The van der Waals surface area contributed by atoms with E-state index in [0.717, 1.165) is 6.07 Å². The molecule has 0 radical (unpaired) electrons. The molecule has 0 unspecified atom stereocenters. The van der Waals surface area contributed by atoms with Crippen molar-refractivity contribution in [1.29, 1.82) is 0 Å². The molecule has 9 nitrogen and oxygen atoms in total. The van der Waals surface area contributed by atoms with Crippen LogP contribution in [0.4, 0.5) is 0 Å². The van der Waals surface area contributed by atoms with Gasteiger partial charge >= 0.3 is 11.9 Å². The largest absolute Gasteiger partial charge is 0.871 e. The highest BCUT2D eigenvalue weighted by Crippen LogP contribution is 2.51. The second-order valence-electron chi connectivity index (χ2n) is 10.4. The summed E-state index contributed by atoms with van der Waals surface area (Å²) in [5.74, 6) is -3.27. The number of hydrogen-bond donors (Lipinski definition) is 3. The molecule has 47 heavy (non-hydrogen) atoms. The molecule has 3 aromatic carbocycles. The number of aromatic carboxylic acids is 1. The fraction of sp³-hybridized carbons (Fsp3) is 0.152. The second-order valence-corrected chi connectivity index (χ2v) is 12.4. The number of hydrogen-bond acceptors (Lipinski definition) is 6. The Balaban J connectivity index is 1.64. The van der Waals surface area contributed by atoms with E-state index < -0.39 is 28.7 Å². The van der Waals surface area contributed by atoms with Gasteiger partial charge in [0.2, 0.25) is 0 Å². The predicted molar refractivity (Wildman–Crippen MR) is 180 cm³/mol. The standard InChI is InChI=1S/C33H22Cl5NO8/c34-19-11-18-23(13-21(19)41)47-22-12-20(40)16(14-5-7-15(8-6-14)32(44)39-9-3-1-2-4-24(42)43)10-17(22)25(18)26-27(33(45)46)29(36)31(38)30(37)28(26)35/h5-8,10-13,41H,1-4,9H2,(H,39,44)(H,42,43)(H,45,46)/p-1. The number of amides is 1. The lowest BCUT2D eigenvalue weighted by Crippen LogP contribution is -2.24. The van der Waals surface area contributed by atoms with Gasteiger partial charge in [-0.1, -0.05) is 82.3 Å². The highest BCUT2D eigenvalue weighted by molar-refractivity contribution is 6.54. The Morgan fingerprint density at radius 1 is 0.787 bits per heavy atom. The molecule has 3 aromatic rings. The number of unbranched alkanes of at least 4 members (excludes halogenated alkanes) is 2. The normalized spacial score (nSPS) is 11.3. The Kier molecular flexibility index (Phi) is 10.2. The lowest BCUT2D eigenvalue weighted by atomic mass is 9.88. The smallest absolute Gasteiger partial charge is 0.337 e. The van der Waals surface area contributed by atoms with E-state index in [0.29, 0.717) is 36.9 Å². The Morgan fingerprint density at radius 3 is 2.13 bits per heavy atom. The summed E-state index contributed by atoms with van der Waals surface area (Å²) in [7, 11) is 0. The summed E-state index contributed by atoms with van der Waals surface area (Å²) in [4.78, 5) is 49.2. The molecule has 3 N–H and O–H groups in total. The van der Waals surface area contributed by atoms with Crippen LogP contribution in [0.15, 0.2) is 57.7 Å². The average Bonchev–Trinajstić information content (AvgIpc) is 3.02. The van der Waals surface area contributed by atoms with Crippen molar-refractivity contribution in [2.75, 3.05) is 6.54 Å². The van der Waals surface area contributed by atoms with Gasteiger partial charge in [-0.3, -0.25) is 14.4 Å². The summed E-state index contributed by atoms with van der Waals surface area (Å²) in [6.45, 7) is 0.368. The lowest BCUT2D eigenvalue weighted by Gasteiger charge is -2.21. The molecular weight excluding hydrogens is 716 g/mol. The molecule has 0 spiro atoms. The van der Waals surface area contributed by atoms with Gasteiger partial charge in [0.15, 0.2) is 5.43 Å². The molecule has 242 valence electrons. The SMILES string of the molecule is O=C(O)CCCCCNC(=O)c1ccc(-c2cc3c(-c4c(Cl)c(Cl)c(Cl)c(Cl)c4C(=O)O)c4cc(Cl)c([O-])cc4oc-3cc2=O)cc1. The predicted octanol–water partition coefficient (Wildman–Crippen LogP) is 8.65. The molecule has 5 rings (SSSR count). The number of carbonyl (C=O) groups excluding carboxylic acids is 1. The molecule has 0 atom stereocenters. The first kappa shape index (κ1) is 34.3. The van der Waals surface area contributed by atoms with Gasteiger partial charge in [0.1, 0.15) is 11.3 Å². The fourth-order valence-corrected chi connectivity index (χ4v) is 6.36. The van der Waals surface area contributed by atoms with Gasteiger partial charge in [-0.2, -0.15) is 0 Å². The van der Waals surface area contributed by atoms with Crippen LogP contribution in [-0.2, 0) is 4.79 Å². The van der Waals surface area contributed by atoms with Gasteiger partial charge in [0.05, 0.1) is 25.7 Å². The molecule has 0 fully saturated rings. The van der Waals surface area contributed by atoms with E-state index in [1.54, 1.807) is 12.1 Å². The average molecular weight is 737 g/mol. The summed E-state index contributed by atoms with van der Waals surface area (Å²) in [5.41, 5.74) is 0.157. The van der Waals surface area contributed by atoms with Crippen LogP contribution in [0.25, 0.3) is 44.5 Å². The molecule has 2 aliphatic rings. The maximum Gasteiger partial charge on any atom is 0.337 e. The Hall–Kier alpha value is -3.99. The molecule has 0 saturated heterocycles. The number of nitrogens with one attached hydrogen (secondary N) is 1. The number of carboxylic acids is 2. The molecule has 1 aliphatic carbocycles. The molecule has 14 heteroatoms. The molecular formula is C33H21Cl5NO8-. The Morgan fingerprint density at radius 2 is 1.47 bits per heavy atom. The van der Waals surface area contributed by atoms with Crippen LogP contribution in [0.1, 0.15) is 46.4 Å². The van der Waals surface area contributed by atoms with Gasteiger partial charge in [-0.05, 0) is 48.7 Å². The van der Waals surface area contributed by atoms with Crippen molar-refractivity contribution in [1.82, 2.24) is 5.32 Å². The van der Waals surface area contributed by atoms with Crippen molar-refractivity contribution in [3.05, 3.63) is 95.0 Å². The van der Waals surface area contributed by atoms with E-state index in [4.69, 9.17) is 67.5 Å². The summed E-state index contributed by atoms with van der Waals surface area (Å²) >= 11 is 31.8. The zero-order valence-corrected chi connectivity index (χ0v) is 27.7. The maximum absolute atomic E-state index is 13.4. The van der Waals surface area contributed by atoms with E-state index in [2.05, 4.69) is 5.32 Å². The van der Waals surface area contributed by atoms with Crippen molar-refractivity contribution in [3.8, 4) is 39.3 Å². The number of benzene rings is 4. The number of rotatable bonds is 10. The van der Waals surface area contributed by atoms with Crippen molar-refractivity contribution in [3.63, 3.8) is 0 Å². The van der Waals surface area contributed by atoms with Gasteiger partial charge in [-0.15, -0.1) is 0 Å². The Bertz CT molecular complexity index is 2110. The van der Waals surface area contributed by atoms with Gasteiger partial charge in [0.25, 0.3) is 5.91 Å². The van der Waals surface area contributed by atoms with Crippen LogP contribution in [0, 0.1) is 0 Å². The van der Waals surface area contributed by atoms with E-state index in [1.807, 2.05) is 0 Å². The third-order valence-electron chi connectivity index (χ3n) is 7.42. The zero-order chi connectivity index (χ0) is 34.2. The number of halogens is 5. The van der Waals surface area contributed by atoms with Crippen molar-refractivity contribution in [2.24, 2.45) is 0 Å². The number of carboxylic acid groups (broad SMARTS) is 2. The van der Waals surface area contributed by atoms with Gasteiger partial charge in [0, 0.05) is 57.3 Å². The fourth-order valence-electron chi connectivity index (χ4n) is 5.16. The first-order chi connectivity index (χ1) is 22.3. The minimum atomic E-state index is -1.48. The van der Waals surface area contributed by atoms with E-state index in [-0.39, 0.29) is 76.4 Å². The summed E-state index contributed by atoms with van der Waals surface area (Å²) < 4.78 is 5.94. The summed E-state index contributed by atoms with van der Waals surface area (Å²) in [5, 5.41) is 33.0. The number of fused-ring (bicyclic) bond motifs is 2. The van der Waals surface area contributed by atoms with Crippen molar-refractivity contribution in [2.45, 2.75) is 25.7 Å². The summed E-state index contributed by atoms with van der Waals surface area (Å²) in [6, 6.07) is 11.3. The lowest BCUT2D eigenvalue weighted by molar-refractivity contribution is -0.268. The van der Waals surface area contributed by atoms with Gasteiger partial charge < -0.3 is 25.1 Å². The maximum atomic E-state index is 13.4. The van der Waals surface area contributed by atoms with Crippen molar-refractivity contribution >= 4 is 86.8 Å². The quantitative estimate of drug-likeness (QED) is 0.0557. The monoisotopic (exact) mass is 734 g/mol. The highest BCUT2D eigenvalue weighted by Gasteiger charge is 2.30. The van der Waals surface area contributed by atoms with Crippen LogP contribution < -0.4 is 15.9 Å². The van der Waals surface area contributed by atoms with Crippen LogP contribution in [0.3, 0.4) is 0 Å². The molecule has 0 bridgehead atoms. The highest BCUT2D eigenvalue weighted by atomic mass is 35.5. The zero-order valence-electron chi connectivity index (χ0n) is 23.9. The van der Waals surface area contributed by atoms with Crippen LogP contribution in [-0.4, -0.2) is 34.6 Å². The van der Waals surface area contributed by atoms with Gasteiger partial charge in [-0.25, -0.2) is 4.79 Å². The number of aliphatic carboxylic acids is 1. The summed E-state index contributed by atoms with van der Waals surface area (Å²) in [6.07, 6.45) is 1.86. The first-order valence-corrected chi connectivity index (χ1v) is 15.8. The molecule has 0 aromatic heterocycles. The van der Waals surface area contributed by atoms with E-state index in [1.165, 1.54) is 30.3 Å². The molecule has 1 heterocycles. The minimum absolute atomic E-state index is 0.00285. The first-order valence-electron chi connectivity index (χ1n) is 13.9. The van der Waals surface area contributed by atoms with E-state index >= 15 is 0 Å². The van der Waals surface area contributed by atoms with Crippen LogP contribution in [0.5, 0.6) is 5.75 Å². The van der Waals surface area contributed by atoms with Crippen molar-refractivity contribution < 1.29 is 34.1 Å². The third kappa shape index (κ3) is 6.86. The van der Waals surface area contributed by atoms with E-state index in [9.17, 15) is 29.4 Å². The molecule has 0 saturated carbocycles. The third-order valence-corrected chi connectivity index (χ3v) is 9.51. The Labute approximate surface area is 291 Å². The topological polar surface area (TPSA) is 157 Å². The minimum Gasteiger partial charge on any atom is -0.871 e. The number of carbonyl (C=O) groups is 3. The molecule has 1 aliphatic heterocycles. The second kappa shape index (κ2) is 14.0.